The van der Waals surface area contributed by atoms with E-state index in [4.69, 9.17) is 27.9 Å². The molecule has 5 nitrogen and oxygen atoms in total. The molecule has 2 aromatic rings. The molecule has 8 heteroatoms. The fraction of sp³-hybridized carbons (Fsp3) is 0.478. The van der Waals surface area contributed by atoms with Gasteiger partial charge in [0.25, 0.3) is 0 Å². The van der Waals surface area contributed by atoms with Gasteiger partial charge in [0, 0.05) is 48.0 Å². The number of fused-ring (bicyclic) bond motifs is 2. The van der Waals surface area contributed by atoms with E-state index in [2.05, 4.69) is 16.8 Å². The van der Waals surface area contributed by atoms with Gasteiger partial charge in [-0.2, -0.15) is 0 Å². The van der Waals surface area contributed by atoms with Crippen LogP contribution in [0.5, 0.6) is 5.75 Å². The lowest BCUT2D eigenvalue weighted by atomic mass is 10.0. The SMILES string of the molecule is CN1CC2CN(C3Cc4c(Cl)cc(Cl)cc4C3Oc3ccc(S(C)(=O)=O)cc3)CC2C1. The second kappa shape index (κ2) is 7.92. The molecule has 0 spiro atoms. The van der Waals surface area contributed by atoms with E-state index in [1.54, 1.807) is 30.3 Å². The zero-order chi connectivity index (χ0) is 21.9. The van der Waals surface area contributed by atoms with Crippen molar-refractivity contribution in [2.45, 2.75) is 23.5 Å². The zero-order valence-corrected chi connectivity index (χ0v) is 19.9. The van der Waals surface area contributed by atoms with Crippen LogP contribution in [0.15, 0.2) is 41.3 Å². The largest absolute Gasteiger partial charge is 0.484 e. The second-order valence-corrected chi connectivity index (χ2v) is 12.1. The molecule has 2 aliphatic heterocycles. The van der Waals surface area contributed by atoms with Gasteiger partial charge in [-0.15, -0.1) is 0 Å². The Balaban J connectivity index is 1.45. The maximum absolute atomic E-state index is 11.8. The summed E-state index contributed by atoms with van der Waals surface area (Å²) in [5, 5.41) is 1.29. The van der Waals surface area contributed by atoms with Crippen LogP contribution in [-0.4, -0.2) is 63.7 Å². The van der Waals surface area contributed by atoms with E-state index in [0.717, 1.165) is 43.7 Å². The molecular weight excluding hydrogens is 455 g/mol. The number of benzene rings is 2. The smallest absolute Gasteiger partial charge is 0.175 e. The molecule has 1 aliphatic carbocycles. The summed E-state index contributed by atoms with van der Waals surface area (Å²) in [6.07, 6.45) is 1.83. The van der Waals surface area contributed by atoms with Crippen molar-refractivity contribution < 1.29 is 13.2 Å². The van der Waals surface area contributed by atoms with E-state index >= 15 is 0 Å². The number of halogens is 2. The van der Waals surface area contributed by atoms with Crippen molar-refractivity contribution in [2.24, 2.45) is 11.8 Å². The van der Waals surface area contributed by atoms with E-state index in [9.17, 15) is 8.42 Å². The van der Waals surface area contributed by atoms with Crippen LogP contribution in [-0.2, 0) is 16.3 Å². The Morgan fingerprint density at radius 2 is 1.65 bits per heavy atom. The zero-order valence-electron chi connectivity index (χ0n) is 17.6. The maximum atomic E-state index is 11.8. The molecule has 2 heterocycles. The Kier molecular flexibility index (Phi) is 5.50. The van der Waals surface area contributed by atoms with Crippen LogP contribution in [0.25, 0.3) is 0 Å². The topological polar surface area (TPSA) is 49.9 Å². The van der Waals surface area contributed by atoms with Crippen LogP contribution in [0.2, 0.25) is 10.0 Å². The lowest BCUT2D eigenvalue weighted by Gasteiger charge is -2.31. The predicted octanol–water partition coefficient (Wildman–Crippen LogP) is 3.94. The molecule has 2 aromatic carbocycles. The summed E-state index contributed by atoms with van der Waals surface area (Å²) in [5.41, 5.74) is 2.13. The Morgan fingerprint density at radius 3 is 2.26 bits per heavy atom. The molecule has 0 N–H and O–H groups in total. The normalized spacial score (nSPS) is 28.6. The average Bonchev–Trinajstić information content (AvgIpc) is 3.33. The van der Waals surface area contributed by atoms with Crippen LogP contribution >= 0.6 is 23.2 Å². The minimum Gasteiger partial charge on any atom is -0.484 e. The molecule has 4 unspecified atom stereocenters. The first-order valence-corrected chi connectivity index (χ1v) is 13.2. The molecule has 2 fully saturated rings. The number of sulfone groups is 1. The summed E-state index contributed by atoms with van der Waals surface area (Å²) >= 11 is 12.9. The van der Waals surface area contributed by atoms with Gasteiger partial charge in [0.1, 0.15) is 11.9 Å². The van der Waals surface area contributed by atoms with Gasteiger partial charge in [-0.3, -0.25) is 4.90 Å². The molecule has 0 amide bonds. The van der Waals surface area contributed by atoms with Gasteiger partial charge >= 0.3 is 0 Å². The van der Waals surface area contributed by atoms with Crippen molar-refractivity contribution in [1.29, 1.82) is 0 Å². The molecular formula is C23H26Cl2N2O3S. The summed E-state index contributed by atoms with van der Waals surface area (Å²) in [5.74, 6) is 2.04. The molecule has 2 saturated heterocycles. The number of nitrogens with zero attached hydrogens (tertiary/aromatic N) is 2. The molecule has 4 atom stereocenters. The van der Waals surface area contributed by atoms with Gasteiger partial charge in [0.2, 0.25) is 0 Å². The van der Waals surface area contributed by atoms with Crippen molar-refractivity contribution in [1.82, 2.24) is 9.80 Å². The monoisotopic (exact) mass is 480 g/mol. The summed E-state index contributed by atoms with van der Waals surface area (Å²) < 4.78 is 30.1. The van der Waals surface area contributed by atoms with Crippen molar-refractivity contribution in [2.75, 3.05) is 39.5 Å². The lowest BCUT2D eigenvalue weighted by molar-refractivity contribution is 0.0863. The maximum Gasteiger partial charge on any atom is 0.175 e. The molecule has 166 valence electrons. The highest BCUT2D eigenvalue weighted by Crippen LogP contribution is 2.45. The molecule has 0 radical (unpaired) electrons. The summed E-state index contributed by atoms with van der Waals surface area (Å²) in [4.78, 5) is 5.26. The van der Waals surface area contributed by atoms with Crippen molar-refractivity contribution >= 4 is 33.0 Å². The number of rotatable bonds is 4. The van der Waals surface area contributed by atoms with E-state index in [1.807, 2.05) is 6.07 Å². The number of likely N-dealkylation sites (tertiary alicyclic amines) is 2. The molecule has 0 aromatic heterocycles. The van der Waals surface area contributed by atoms with Crippen LogP contribution in [0, 0.1) is 11.8 Å². The number of ether oxygens (including phenoxy) is 1. The van der Waals surface area contributed by atoms with Gasteiger partial charge in [-0.25, -0.2) is 8.42 Å². The number of hydrogen-bond acceptors (Lipinski definition) is 5. The van der Waals surface area contributed by atoms with Gasteiger partial charge < -0.3 is 9.64 Å². The van der Waals surface area contributed by atoms with Crippen molar-refractivity contribution in [3.8, 4) is 5.75 Å². The van der Waals surface area contributed by atoms with Gasteiger partial charge in [-0.1, -0.05) is 23.2 Å². The first-order valence-electron chi connectivity index (χ1n) is 10.6. The summed E-state index contributed by atoms with van der Waals surface area (Å²) in [6, 6.07) is 10.6. The minimum absolute atomic E-state index is 0.177. The fourth-order valence-electron chi connectivity index (χ4n) is 5.53. The van der Waals surface area contributed by atoms with Crippen LogP contribution in [0.1, 0.15) is 17.2 Å². The van der Waals surface area contributed by atoms with E-state index in [0.29, 0.717) is 27.6 Å². The van der Waals surface area contributed by atoms with E-state index in [-0.39, 0.29) is 17.0 Å². The standard InChI is InChI=1S/C23H26Cl2N2O3S/c1-26-10-14-12-27(13-15(14)11-26)22-9-19-20(7-16(24)8-21(19)25)23(22)30-17-3-5-18(6-4-17)31(2,28)29/h3-8,14-15,22-23H,9-13H2,1-2H3. The highest BCUT2D eigenvalue weighted by molar-refractivity contribution is 7.90. The summed E-state index contributed by atoms with van der Waals surface area (Å²) in [6.45, 7) is 4.41. The Morgan fingerprint density at radius 1 is 1.00 bits per heavy atom. The van der Waals surface area contributed by atoms with E-state index in [1.165, 1.54) is 6.26 Å². The number of hydrogen-bond donors (Lipinski definition) is 0. The van der Waals surface area contributed by atoms with Crippen LogP contribution < -0.4 is 4.74 Å². The third kappa shape index (κ3) is 4.09. The quantitative estimate of drug-likeness (QED) is 0.663. The van der Waals surface area contributed by atoms with Crippen LogP contribution in [0.4, 0.5) is 0 Å². The predicted molar refractivity (Wildman–Crippen MR) is 123 cm³/mol. The third-order valence-electron chi connectivity index (χ3n) is 6.95. The van der Waals surface area contributed by atoms with Crippen LogP contribution in [0.3, 0.4) is 0 Å². The van der Waals surface area contributed by atoms with Crippen molar-refractivity contribution in [3.63, 3.8) is 0 Å². The summed E-state index contributed by atoms with van der Waals surface area (Å²) in [7, 11) is -1.05. The third-order valence-corrected chi connectivity index (χ3v) is 8.63. The molecule has 0 bridgehead atoms. The minimum atomic E-state index is -3.25. The Labute approximate surface area is 193 Å². The Bertz CT molecular complexity index is 1090. The van der Waals surface area contributed by atoms with Crippen molar-refractivity contribution in [3.05, 3.63) is 57.6 Å². The Hall–Kier alpha value is -1.31. The van der Waals surface area contributed by atoms with Gasteiger partial charge in [-0.05, 0) is 67.3 Å². The first kappa shape index (κ1) is 21.5. The molecule has 0 saturated carbocycles. The molecule has 3 aliphatic rings. The van der Waals surface area contributed by atoms with E-state index < -0.39 is 9.84 Å². The van der Waals surface area contributed by atoms with Gasteiger partial charge in [0.15, 0.2) is 9.84 Å². The first-order chi connectivity index (χ1) is 14.7. The molecule has 31 heavy (non-hydrogen) atoms. The lowest BCUT2D eigenvalue weighted by Crippen LogP contribution is -2.40. The fourth-order valence-corrected chi connectivity index (χ4v) is 6.74. The van der Waals surface area contributed by atoms with Gasteiger partial charge in [0.05, 0.1) is 10.9 Å². The molecule has 5 rings (SSSR count). The highest BCUT2D eigenvalue weighted by Gasteiger charge is 2.46. The second-order valence-electron chi connectivity index (χ2n) is 9.20. The highest BCUT2D eigenvalue weighted by atomic mass is 35.5. The average molecular weight is 481 g/mol.